The van der Waals surface area contributed by atoms with E-state index in [0.717, 1.165) is 31.5 Å². The van der Waals surface area contributed by atoms with Crippen LogP contribution in [0.1, 0.15) is 32.3 Å². The predicted octanol–water partition coefficient (Wildman–Crippen LogP) is 3.93. The minimum absolute atomic E-state index is 0.222. The highest BCUT2D eigenvalue weighted by molar-refractivity contribution is 9.10. The Morgan fingerprint density at radius 2 is 1.95 bits per heavy atom. The Morgan fingerprint density at radius 3 is 2.42 bits per heavy atom. The van der Waals surface area contributed by atoms with E-state index < -0.39 is 0 Å². The molecule has 0 amide bonds. The lowest BCUT2D eigenvalue weighted by Crippen LogP contribution is -2.46. The zero-order chi connectivity index (χ0) is 14.0. The van der Waals surface area contributed by atoms with Gasteiger partial charge in [-0.05, 0) is 60.3 Å². The molecule has 2 rings (SSSR count). The van der Waals surface area contributed by atoms with Crippen LogP contribution in [0.25, 0.3) is 0 Å². The van der Waals surface area contributed by atoms with E-state index in [0.29, 0.717) is 10.5 Å². The molecule has 0 atom stereocenters. The van der Waals surface area contributed by atoms with Crippen molar-refractivity contribution in [3.8, 4) is 0 Å². The molecule has 0 bridgehead atoms. The van der Waals surface area contributed by atoms with Gasteiger partial charge >= 0.3 is 0 Å². The second kappa shape index (κ2) is 5.90. The van der Waals surface area contributed by atoms with Gasteiger partial charge in [0.1, 0.15) is 5.82 Å². The molecule has 0 N–H and O–H groups in total. The van der Waals surface area contributed by atoms with Crippen molar-refractivity contribution in [2.45, 2.75) is 38.3 Å². The van der Waals surface area contributed by atoms with E-state index >= 15 is 0 Å². The molecule has 4 heteroatoms. The summed E-state index contributed by atoms with van der Waals surface area (Å²) in [6.07, 6.45) is 1.81. The Kier molecular flexibility index (Phi) is 4.64. The summed E-state index contributed by atoms with van der Waals surface area (Å²) in [5.74, 6) is -0.222. The third kappa shape index (κ3) is 3.01. The van der Waals surface area contributed by atoms with Crippen molar-refractivity contribution in [3.05, 3.63) is 34.1 Å². The van der Waals surface area contributed by atoms with Crippen LogP contribution < -0.4 is 0 Å². The SMILES string of the molecule is COC1(c2ccc(Br)c(F)c2)CCN(C(C)C)CC1. The molecule has 1 aliphatic heterocycles. The molecule has 0 radical (unpaired) electrons. The number of benzene rings is 1. The third-order valence-electron chi connectivity index (χ3n) is 4.17. The Morgan fingerprint density at radius 1 is 1.32 bits per heavy atom. The summed E-state index contributed by atoms with van der Waals surface area (Å²) < 4.78 is 20.0. The number of rotatable bonds is 3. The fraction of sp³-hybridized carbons (Fsp3) is 0.600. The third-order valence-corrected chi connectivity index (χ3v) is 4.82. The van der Waals surface area contributed by atoms with E-state index in [1.165, 1.54) is 0 Å². The van der Waals surface area contributed by atoms with Gasteiger partial charge in [0.25, 0.3) is 0 Å². The quantitative estimate of drug-likeness (QED) is 0.832. The highest BCUT2D eigenvalue weighted by atomic mass is 79.9. The molecular formula is C15H21BrFNO. The van der Waals surface area contributed by atoms with Crippen LogP contribution in [-0.2, 0) is 10.3 Å². The van der Waals surface area contributed by atoms with Crippen molar-refractivity contribution in [1.82, 2.24) is 4.90 Å². The first kappa shape index (κ1) is 14.9. The molecule has 1 aromatic carbocycles. The van der Waals surface area contributed by atoms with Gasteiger partial charge in [0.15, 0.2) is 0 Å². The smallest absolute Gasteiger partial charge is 0.137 e. The summed E-state index contributed by atoms with van der Waals surface area (Å²) in [7, 11) is 1.73. The van der Waals surface area contributed by atoms with Crippen LogP contribution >= 0.6 is 15.9 Å². The van der Waals surface area contributed by atoms with E-state index in [1.807, 2.05) is 6.07 Å². The van der Waals surface area contributed by atoms with Crippen molar-refractivity contribution in [2.75, 3.05) is 20.2 Å². The standard InChI is InChI=1S/C15H21BrFNO/c1-11(2)18-8-6-15(19-3,7-9-18)12-4-5-13(16)14(17)10-12/h4-5,10-11H,6-9H2,1-3H3. The predicted molar refractivity (Wildman–Crippen MR) is 78.7 cm³/mol. The molecule has 0 saturated carbocycles. The summed E-state index contributed by atoms with van der Waals surface area (Å²) in [6.45, 7) is 6.39. The first-order chi connectivity index (χ1) is 8.98. The Hall–Kier alpha value is -0.450. The molecule has 1 saturated heterocycles. The Balaban J connectivity index is 2.22. The van der Waals surface area contributed by atoms with Crippen LogP contribution in [0.4, 0.5) is 4.39 Å². The number of piperidine rings is 1. The average Bonchev–Trinajstić information content (AvgIpc) is 2.42. The van der Waals surface area contributed by atoms with Gasteiger partial charge in [-0.25, -0.2) is 4.39 Å². The van der Waals surface area contributed by atoms with Gasteiger partial charge in [0, 0.05) is 26.2 Å². The van der Waals surface area contributed by atoms with Crippen molar-refractivity contribution in [3.63, 3.8) is 0 Å². The number of likely N-dealkylation sites (tertiary alicyclic amines) is 1. The molecule has 19 heavy (non-hydrogen) atoms. The molecule has 0 aromatic heterocycles. The topological polar surface area (TPSA) is 12.5 Å². The van der Waals surface area contributed by atoms with Gasteiger partial charge in [0.2, 0.25) is 0 Å². The molecule has 1 heterocycles. The van der Waals surface area contributed by atoms with E-state index in [4.69, 9.17) is 4.74 Å². The van der Waals surface area contributed by atoms with Gasteiger partial charge in [-0.15, -0.1) is 0 Å². The van der Waals surface area contributed by atoms with Crippen LogP contribution in [-0.4, -0.2) is 31.1 Å². The van der Waals surface area contributed by atoms with Crippen molar-refractivity contribution in [1.29, 1.82) is 0 Å². The van der Waals surface area contributed by atoms with Crippen molar-refractivity contribution in [2.24, 2.45) is 0 Å². The Bertz CT molecular complexity index is 442. The monoisotopic (exact) mass is 329 g/mol. The zero-order valence-corrected chi connectivity index (χ0v) is 13.3. The lowest BCUT2D eigenvalue weighted by Gasteiger charge is -2.42. The van der Waals surface area contributed by atoms with Crippen LogP contribution in [0, 0.1) is 5.82 Å². The molecule has 0 aliphatic carbocycles. The lowest BCUT2D eigenvalue weighted by atomic mass is 9.83. The number of hydrogen-bond donors (Lipinski definition) is 0. The number of halogens is 2. The molecule has 1 fully saturated rings. The van der Waals surface area contributed by atoms with Crippen LogP contribution in [0.5, 0.6) is 0 Å². The lowest BCUT2D eigenvalue weighted by molar-refractivity contribution is -0.0671. The normalized spacial score (nSPS) is 19.9. The number of hydrogen-bond acceptors (Lipinski definition) is 2. The molecule has 0 unspecified atom stereocenters. The second-order valence-corrected chi connectivity index (χ2v) is 6.31. The Labute approximate surface area is 123 Å². The molecule has 0 spiro atoms. The first-order valence-corrected chi connectivity index (χ1v) is 7.52. The fourth-order valence-electron chi connectivity index (χ4n) is 2.79. The van der Waals surface area contributed by atoms with Crippen molar-refractivity contribution >= 4 is 15.9 Å². The molecule has 2 nitrogen and oxygen atoms in total. The molecule has 1 aromatic rings. The van der Waals surface area contributed by atoms with E-state index in [9.17, 15) is 4.39 Å². The maximum Gasteiger partial charge on any atom is 0.137 e. The number of nitrogens with zero attached hydrogens (tertiary/aromatic N) is 1. The van der Waals surface area contributed by atoms with E-state index in [-0.39, 0.29) is 11.4 Å². The first-order valence-electron chi connectivity index (χ1n) is 6.73. The number of ether oxygens (including phenoxy) is 1. The highest BCUT2D eigenvalue weighted by Gasteiger charge is 2.37. The van der Waals surface area contributed by atoms with Crippen LogP contribution in [0.15, 0.2) is 22.7 Å². The maximum absolute atomic E-state index is 13.7. The second-order valence-electron chi connectivity index (χ2n) is 5.46. The van der Waals surface area contributed by atoms with Crippen molar-refractivity contribution < 1.29 is 9.13 Å². The average molecular weight is 330 g/mol. The summed E-state index contributed by atoms with van der Waals surface area (Å²) >= 11 is 3.20. The maximum atomic E-state index is 13.7. The molecule has 106 valence electrons. The van der Waals surface area contributed by atoms with E-state index in [2.05, 4.69) is 34.7 Å². The summed E-state index contributed by atoms with van der Waals surface area (Å²) in [5, 5.41) is 0. The highest BCUT2D eigenvalue weighted by Crippen LogP contribution is 2.37. The van der Waals surface area contributed by atoms with Gasteiger partial charge in [-0.1, -0.05) is 6.07 Å². The van der Waals surface area contributed by atoms with Crippen LogP contribution in [0.2, 0.25) is 0 Å². The van der Waals surface area contributed by atoms with Gasteiger partial charge in [-0.3, -0.25) is 0 Å². The van der Waals surface area contributed by atoms with Gasteiger partial charge in [-0.2, -0.15) is 0 Å². The van der Waals surface area contributed by atoms with Crippen LogP contribution in [0.3, 0.4) is 0 Å². The van der Waals surface area contributed by atoms with E-state index in [1.54, 1.807) is 19.2 Å². The number of methoxy groups -OCH3 is 1. The summed E-state index contributed by atoms with van der Waals surface area (Å²) in [4.78, 5) is 2.44. The fourth-order valence-corrected chi connectivity index (χ4v) is 3.04. The summed E-state index contributed by atoms with van der Waals surface area (Å²) in [6, 6.07) is 5.87. The minimum Gasteiger partial charge on any atom is -0.373 e. The van der Waals surface area contributed by atoms with Gasteiger partial charge < -0.3 is 9.64 Å². The molecule has 1 aliphatic rings. The largest absolute Gasteiger partial charge is 0.373 e. The summed E-state index contributed by atoms with van der Waals surface area (Å²) in [5.41, 5.74) is 0.603. The minimum atomic E-state index is -0.340. The zero-order valence-electron chi connectivity index (χ0n) is 11.7. The molecular weight excluding hydrogens is 309 g/mol. The van der Waals surface area contributed by atoms with Gasteiger partial charge in [0.05, 0.1) is 10.1 Å².